The van der Waals surface area contributed by atoms with Gasteiger partial charge in [0.1, 0.15) is 23.5 Å². The highest BCUT2D eigenvalue weighted by molar-refractivity contribution is 6.00. The van der Waals surface area contributed by atoms with Gasteiger partial charge in [-0.1, -0.05) is 42.5 Å². The van der Waals surface area contributed by atoms with Gasteiger partial charge in [0.05, 0.1) is 10.5 Å². The Morgan fingerprint density at radius 2 is 1.68 bits per heavy atom. The first-order valence-corrected chi connectivity index (χ1v) is 9.17. The van der Waals surface area contributed by atoms with E-state index in [4.69, 9.17) is 0 Å². The minimum Gasteiger partial charge on any atom is -0.382 e. The van der Waals surface area contributed by atoms with Crippen LogP contribution in [0.5, 0.6) is 0 Å². The predicted molar refractivity (Wildman–Crippen MR) is 105 cm³/mol. The molecule has 31 heavy (non-hydrogen) atoms. The Bertz CT molecular complexity index is 1110. The topological polar surface area (TPSA) is 98.3 Å². The largest absolute Gasteiger partial charge is 0.416 e. The van der Waals surface area contributed by atoms with Crippen molar-refractivity contribution < 1.29 is 28.0 Å². The van der Waals surface area contributed by atoms with Gasteiger partial charge in [0, 0.05) is 5.56 Å². The number of Topliss-reactive ketones (excluding diaryl/α,β-unsaturated/α-hetero) is 1. The summed E-state index contributed by atoms with van der Waals surface area (Å²) in [7, 11) is 0. The van der Waals surface area contributed by atoms with Crippen LogP contribution in [-0.2, 0) is 6.18 Å². The molecule has 0 saturated carbocycles. The van der Waals surface area contributed by atoms with Crippen LogP contribution in [-0.4, -0.2) is 31.7 Å². The summed E-state index contributed by atoms with van der Waals surface area (Å²) < 4.78 is 39.6. The first kappa shape index (κ1) is 22.2. The molecule has 0 fully saturated rings. The third-order valence-electron chi connectivity index (χ3n) is 4.94. The monoisotopic (exact) mass is 433 g/mol. The number of rotatable bonds is 6. The Morgan fingerprint density at radius 3 is 2.16 bits per heavy atom. The zero-order valence-corrected chi connectivity index (χ0v) is 16.5. The highest BCUT2D eigenvalue weighted by Crippen LogP contribution is 2.32. The molecule has 1 aromatic heterocycles. The van der Waals surface area contributed by atoms with E-state index in [9.17, 15) is 33.2 Å². The molecule has 0 amide bonds. The van der Waals surface area contributed by atoms with Gasteiger partial charge in [-0.15, -0.1) is 0 Å². The molecule has 0 unspecified atom stereocenters. The molecule has 0 aliphatic carbocycles. The summed E-state index contributed by atoms with van der Waals surface area (Å²) in [6.45, 7) is 2.89. The van der Waals surface area contributed by atoms with Crippen LogP contribution < -0.4 is 0 Å². The van der Waals surface area contributed by atoms with Gasteiger partial charge in [-0.2, -0.15) is 18.3 Å². The summed E-state index contributed by atoms with van der Waals surface area (Å²) in [5.41, 5.74) is -0.594. The van der Waals surface area contributed by atoms with E-state index in [0.29, 0.717) is 5.56 Å². The number of carbonyl (C=O) groups is 1. The fourth-order valence-corrected chi connectivity index (χ4v) is 3.43. The van der Waals surface area contributed by atoms with Crippen molar-refractivity contribution in [2.24, 2.45) is 0 Å². The number of nitrogens with zero attached hydrogens (tertiary/aromatic N) is 3. The maximum atomic E-state index is 12.9. The van der Waals surface area contributed by atoms with E-state index in [1.807, 2.05) is 0 Å². The van der Waals surface area contributed by atoms with Gasteiger partial charge in [0.15, 0.2) is 5.78 Å². The van der Waals surface area contributed by atoms with E-state index in [0.717, 1.165) is 24.3 Å². The second-order valence-electron chi connectivity index (χ2n) is 6.96. The van der Waals surface area contributed by atoms with Gasteiger partial charge in [0.2, 0.25) is 0 Å². The Kier molecular flexibility index (Phi) is 5.94. The number of hydrogen-bond donors (Lipinski definition) is 1. The number of aryl methyl sites for hydroxylation is 1. The molecule has 2 aromatic carbocycles. The molecule has 0 bridgehead atoms. The van der Waals surface area contributed by atoms with Crippen molar-refractivity contribution in [2.75, 3.05) is 0 Å². The molecule has 0 aliphatic heterocycles. The lowest BCUT2D eigenvalue weighted by molar-refractivity contribution is -0.386. The third kappa shape index (κ3) is 4.33. The highest BCUT2D eigenvalue weighted by atomic mass is 19.4. The molecule has 0 aliphatic rings. The SMILES string of the molecule is Cc1nn([C@@H](c2ccccc2)[C@H](O)C(=O)c2ccc(C(F)(F)F)cc2)c(C)c1[N+](=O)[O-]. The zero-order valence-electron chi connectivity index (χ0n) is 16.5. The number of alkyl halides is 3. The molecule has 1 N–H and O–H groups in total. The molecule has 3 rings (SSSR count). The number of nitro groups is 1. The molecular formula is C21H18F3N3O4. The maximum absolute atomic E-state index is 12.9. The van der Waals surface area contributed by atoms with Gasteiger partial charge in [0.25, 0.3) is 0 Å². The van der Waals surface area contributed by atoms with Crippen molar-refractivity contribution >= 4 is 11.5 Å². The second kappa shape index (κ2) is 8.31. The summed E-state index contributed by atoms with van der Waals surface area (Å²) in [5, 5.41) is 26.5. The first-order chi connectivity index (χ1) is 14.5. The number of aromatic nitrogens is 2. The van der Waals surface area contributed by atoms with Crippen LogP contribution in [0, 0.1) is 24.0 Å². The highest BCUT2D eigenvalue weighted by Gasteiger charge is 2.35. The minimum absolute atomic E-state index is 0.109. The molecule has 2 atom stereocenters. The Morgan fingerprint density at radius 1 is 1.10 bits per heavy atom. The summed E-state index contributed by atoms with van der Waals surface area (Å²) >= 11 is 0. The van der Waals surface area contributed by atoms with E-state index in [2.05, 4.69) is 5.10 Å². The van der Waals surface area contributed by atoms with Crippen molar-refractivity contribution in [2.45, 2.75) is 32.2 Å². The molecule has 0 spiro atoms. The molecule has 3 aromatic rings. The van der Waals surface area contributed by atoms with Crippen LogP contribution in [0.4, 0.5) is 18.9 Å². The van der Waals surface area contributed by atoms with Gasteiger partial charge < -0.3 is 5.11 Å². The normalized spacial score (nSPS) is 13.6. The maximum Gasteiger partial charge on any atom is 0.416 e. The van der Waals surface area contributed by atoms with Crippen molar-refractivity contribution in [3.8, 4) is 0 Å². The zero-order chi connectivity index (χ0) is 22.9. The standard InChI is InChI=1S/C21H18F3N3O4/c1-12-17(27(30)31)13(2)26(25-12)18(14-6-4-3-5-7-14)20(29)19(28)15-8-10-16(11-9-15)21(22,23)24/h3-11,18,20,29H,1-2H3/t18-,20-/m0/s1. The molecule has 0 saturated heterocycles. The number of benzene rings is 2. The Labute approximate surface area is 174 Å². The van der Waals surface area contributed by atoms with Crippen LogP contribution >= 0.6 is 0 Å². The molecular weight excluding hydrogens is 415 g/mol. The number of carbonyl (C=O) groups excluding carboxylic acids is 1. The fraction of sp³-hybridized carbons (Fsp3) is 0.238. The van der Waals surface area contributed by atoms with Crippen LogP contribution in [0.2, 0.25) is 0 Å². The summed E-state index contributed by atoms with van der Waals surface area (Å²) in [5.74, 6) is -0.835. The molecule has 0 radical (unpaired) electrons. The second-order valence-corrected chi connectivity index (χ2v) is 6.96. The molecule has 1 heterocycles. The van der Waals surface area contributed by atoms with E-state index < -0.39 is 34.6 Å². The number of hydrogen-bond acceptors (Lipinski definition) is 5. The quantitative estimate of drug-likeness (QED) is 0.356. The van der Waals surface area contributed by atoms with Crippen LogP contribution in [0.25, 0.3) is 0 Å². The average molecular weight is 433 g/mol. The number of halogens is 3. The fourth-order valence-electron chi connectivity index (χ4n) is 3.43. The van der Waals surface area contributed by atoms with Crippen molar-refractivity contribution in [3.05, 3.63) is 92.8 Å². The van der Waals surface area contributed by atoms with Crippen molar-refractivity contribution in [1.29, 1.82) is 0 Å². The Hall–Kier alpha value is -3.53. The molecule has 7 nitrogen and oxygen atoms in total. The average Bonchev–Trinajstić information content (AvgIpc) is 3.01. The van der Waals surface area contributed by atoms with E-state index in [1.165, 1.54) is 18.5 Å². The van der Waals surface area contributed by atoms with Gasteiger partial charge in [-0.3, -0.25) is 19.6 Å². The third-order valence-corrected chi connectivity index (χ3v) is 4.94. The van der Waals surface area contributed by atoms with Crippen LogP contribution in [0.1, 0.15) is 38.9 Å². The number of aliphatic hydroxyl groups is 1. The van der Waals surface area contributed by atoms with E-state index in [-0.39, 0.29) is 22.6 Å². The summed E-state index contributed by atoms with van der Waals surface area (Å²) in [4.78, 5) is 23.7. The molecule has 162 valence electrons. The lowest BCUT2D eigenvalue weighted by Gasteiger charge is -2.24. The molecule has 10 heteroatoms. The van der Waals surface area contributed by atoms with Crippen LogP contribution in [0.3, 0.4) is 0 Å². The van der Waals surface area contributed by atoms with Gasteiger partial charge in [-0.05, 0) is 31.5 Å². The summed E-state index contributed by atoms with van der Waals surface area (Å²) in [6.07, 6.45) is -6.31. The van der Waals surface area contributed by atoms with Gasteiger partial charge >= 0.3 is 11.9 Å². The predicted octanol–water partition coefficient (Wildman–Crippen LogP) is 4.26. The van der Waals surface area contributed by atoms with Crippen molar-refractivity contribution in [3.63, 3.8) is 0 Å². The summed E-state index contributed by atoms with van der Waals surface area (Å²) in [6, 6.07) is 10.6. The van der Waals surface area contributed by atoms with E-state index >= 15 is 0 Å². The van der Waals surface area contributed by atoms with Gasteiger partial charge in [-0.25, -0.2) is 0 Å². The van der Waals surface area contributed by atoms with Crippen molar-refractivity contribution in [1.82, 2.24) is 9.78 Å². The first-order valence-electron chi connectivity index (χ1n) is 9.17. The van der Waals surface area contributed by atoms with Crippen LogP contribution in [0.15, 0.2) is 54.6 Å². The number of ketones is 1. The number of aliphatic hydroxyl groups excluding tert-OH is 1. The lowest BCUT2D eigenvalue weighted by Crippen LogP contribution is -2.34. The smallest absolute Gasteiger partial charge is 0.382 e. The lowest BCUT2D eigenvalue weighted by atomic mass is 9.94. The van der Waals surface area contributed by atoms with E-state index in [1.54, 1.807) is 30.3 Å². The minimum atomic E-state index is -4.56. The Balaban J connectivity index is 2.06.